The van der Waals surface area contributed by atoms with Crippen molar-refractivity contribution >= 4 is 5.84 Å². The van der Waals surface area contributed by atoms with Gasteiger partial charge in [0.15, 0.2) is 0 Å². The molecule has 0 radical (unpaired) electrons. The van der Waals surface area contributed by atoms with E-state index in [0.29, 0.717) is 0 Å². The lowest BCUT2D eigenvalue weighted by molar-refractivity contribution is 0.291. The van der Waals surface area contributed by atoms with Gasteiger partial charge in [0, 0.05) is 13.0 Å². The highest BCUT2D eigenvalue weighted by atomic mass is 14.9. The highest BCUT2D eigenvalue weighted by Crippen LogP contribution is 2.30. The van der Waals surface area contributed by atoms with Crippen molar-refractivity contribution in [3.05, 3.63) is 0 Å². The largest absolute Gasteiger partial charge is 0.374 e. The smallest absolute Gasteiger partial charge is 0.0931 e. The van der Waals surface area contributed by atoms with Crippen molar-refractivity contribution in [2.24, 2.45) is 5.92 Å². The zero-order valence-corrected chi connectivity index (χ0v) is 10.1. The van der Waals surface area contributed by atoms with Gasteiger partial charge in [-0.3, -0.25) is 5.41 Å². The van der Waals surface area contributed by atoms with Gasteiger partial charge in [-0.15, -0.1) is 0 Å². The Hall–Kier alpha value is -0.530. The number of unbranched alkanes of at least 4 members (excludes halogenated alkanes) is 2. The fraction of sp³-hybridized carbons (Fsp3) is 0.923. The number of amidine groups is 1. The second-order valence-corrected chi connectivity index (χ2v) is 4.80. The maximum Gasteiger partial charge on any atom is 0.0931 e. The Balaban J connectivity index is 1.84. The van der Waals surface area contributed by atoms with Crippen LogP contribution in [0.1, 0.15) is 64.7 Å². The maximum absolute atomic E-state index is 7.73. The summed E-state index contributed by atoms with van der Waals surface area (Å²) in [5, 5.41) is 10.9. The average Bonchev–Trinajstić information content (AvgIpc) is 2.17. The van der Waals surface area contributed by atoms with Gasteiger partial charge in [-0.1, -0.05) is 45.4 Å². The van der Waals surface area contributed by atoms with E-state index < -0.39 is 0 Å². The lowest BCUT2D eigenvalue weighted by atomic mass is 9.82. The molecule has 0 amide bonds. The third kappa shape index (κ3) is 5.81. The first-order valence-electron chi connectivity index (χ1n) is 6.64. The van der Waals surface area contributed by atoms with Gasteiger partial charge in [-0.05, 0) is 18.8 Å². The van der Waals surface area contributed by atoms with Crippen molar-refractivity contribution in [2.75, 3.05) is 6.54 Å². The summed E-state index contributed by atoms with van der Waals surface area (Å²) in [7, 11) is 0. The van der Waals surface area contributed by atoms with Crippen LogP contribution in [0, 0.1) is 11.3 Å². The molecule has 1 fully saturated rings. The highest BCUT2D eigenvalue weighted by Gasteiger charge is 2.16. The molecule has 0 aromatic heterocycles. The highest BCUT2D eigenvalue weighted by molar-refractivity contribution is 5.78. The molecule has 0 saturated heterocycles. The van der Waals surface area contributed by atoms with E-state index in [1.54, 1.807) is 0 Å². The Bertz CT molecular complexity index is 173. The van der Waals surface area contributed by atoms with E-state index >= 15 is 0 Å². The summed E-state index contributed by atoms with van der Waals surface area (Å²) in [6.45, 7) is 3.21. The first-order chi connectivity index (χ1) is 7.33. The van der Waals surface area contributed by atoms with Crippen LogP contribution in [0.5, 0.6) is 0 Å². The summed E-state index contributed by atoms with van der Waals surface area (Å²) in [6.07, 6.45) is 11.6. The zero-order valence-electron chi connectivity index (χ0n) is 10.1. The summed E-state index contributed by atoms with van der Waals surface area (Å²) in [5.74, 6) is 1.75. The molecular formula is C13H26N2. The van der Waals surface area contributed by atoms with Gasteiger partial charge >= 0.3 is 0 Å². The Morgan fingerprint density at radius 3 is 2.67 bits per heavy atom. The van der Waals surface area contributed by atoms with Crippen LogP contribution in [0.3, 0.4) is 0 Å². The molecule has 0 bridgehead atoms. The minimum absolute atomic E-state index is 0.755. The zero-order chi connectivity index (χ0) is 10.9. The third-order valence-electron chi connectivity index (χ3n) is 3.38. The van der Waals surface area contributed by atoms with E-state index in [9.17, 15) is 0 Å². The molecule has 2 heteroatoms. The number of hydrogen-bond donors (Lipinski definition) is 2. The van der Waals surface area contributed by atoms with E-state index in [4.69, 9.17) is 5.41 Å². The van der Waals surface area contributed by atoms with Crippen LogP contribution in [-0.2, 0) is 0 Å². The average molecular weight is 210 g/mol. The second kappa shape index (κ2) is 7.72. The van der Waals surface area contributed by atoms with Gasteiger partial charge < -0.3 is 5.32 Å². The number of rotatable bonds is 8. The topological polar surface area (TPSA) is 35.9 Å². The van der Waals surface area contributed by atoms with Crippen LogP contribution >= 0.6 is 0 Å². The van der Waals surface area contributed by atoms with Crippen LogP contribution in [-0.4, -0.2) is 12.4 Å². The summed E-state index contributed by atoms with van der Waals surface area (Å²) >= 11 is 0. The molecule has 1 aliphatic carbocycles. The molecule has 0 atom stereocenters. The maximum atomic E-state index is 7.73. The summed E-state index contributed by atoms with van der Waals surface area (Å²) in [5.41, 5.74) is 0. The van der Waals surface area contributed by atoms with Crippen molar-refractivity contribution in [2.45, 2.75) is 64.7 Å². The van der Waals surface area contributed by atoms with Crippen molar-refractivity contribution in [1.82, 2.24) is 5.32 Å². The normalized spacial score (nSPS) is 16.1. The van der Waals surface area contributed by atoms with E-state index in [1.807, 2.05) is 0 Å². The van der Waals surface area contributed by atoms with Gasteiger partial charge in [0.2, 0.25) is 0 Å². The molecular weight excluding hydrogens is 184 g/mol. The second-order valence-electron chi connectivity index (χ2n) is 4.80. The third-order valence-corrected chi connectivity index (χ3v) is 3.38. The van der Waals surface area contributed by atoms with E-state index in [2.05, 4.69) is 12.2 Å². The Kier molecular flexibility index (Phi) is 6.45. The molecule has 1 aliphatic rings. The van der Waals surface area contributed by atoms with Crippen LogP contribution in [0.4, 0.5) is 0 Å². The molecule has 0 aromatic rings. The van der Waals surface area contributed by atoms with E-state index in [0.717, 1.165) is 24.7 Å². The van der Waals surface area contributed by atoms with Gasteiger partial charge in [0.1, 0.15) is 0 Å². The van der Waals surface area contributed by atoms with Crippen LogP contribution in [0.15, 0.2) is 0 Å². The van der Waals surface area contributed by atoms with E-state index in [1.165, 1.54) is 51.4 Å². The molecule has 0 spiro atoms. The van der Waals surface area contributed by atoms with Gasteiger partial charge in [0.25, 0.3) is 0 Å². The summed E-state index contributed by atoms with van der Waals surface area (Å²) < 4.78 is 0. The number of hydrogen-bond acceptors (Lipinski definition) is 1. The fourth-order valence-electron chi connectivity index (χ4n) is 2.05. The molecule has 0 unspecified atom stereocenters. The summed E-state index contributed by atoms with van der Waals surface area (Å²) in [6, 6.07) is 0. The van der Waals surface area contributed by atoms with Crippen molar-refractivity contribution in [3.8, 4) is 0 Å². The molecule has 0 aromatic carbocycles. The molecule has 1 saturated carbocycles. The molecule has 15 heavy (non-hydrogen) atoms. The first-order valence-corrected chi connectivity index (χ1v) is 6.64. The van der Waals surface area contributed by atoms with Gasteiger partial charge in [0.05, 0.1) is 5.84 Å². The van der Waals surface area contributed by atoms with E-state index in [-0.39, 0.29) is 0 Å². The Morgan fingerprint density at radius 2 is 2.07 bits per heavy atom. The quantitative estimate of drug-likeness (QED) is 0.357. The van der Waals surface area contributed by atoms with Crippen LogP contribution in [0.25, 0.3) is 0 Å². The molecule has 88 valence electrons. The number of nitrogens with one attached hydrogen (secondary N) is 2. The standard InChI is InChI=1S/C13H26N2/c1-2-3-4-11-15-13(14)10-6-9-12-7-5-8-12/h12H,2-11H2,1H3,(H2,14,15). The molecule has 0 heterocycles. The van der Waals surface area contributed by atoms with Crippen molar-refractivity contribution in [1.29, 1.82) is 5.41 Å². The molecule has 0 aliphatic heterocycles. The minimum Gasteiger partial charge on any atom is -0.374 e. The minimum atomic E-state index is 0.755. The predicted molar refractivity (Wildman–Crippen MR) is 66.4 cm³/mol. The monoisotopic (exact) mass is 210 g/mol. The Morgan fingerprint density at radius 1 is 1.27 bits per heavy atom. The fourth-order valence-corrected chi connectivity index (χ4v) is 2.05. The molecule has 1 rings (SSSR count). The van der Waals surface area contributed by atoms with Crippen molar-refractivity contribution < 1.29 is 0 Å². The summed E-state index contributed by atoms with van der Waals surface area (Å²) in [4.78, 5) is 0. The van der Waals surface area contributed by atoms with Crippen LogP contribution < -0.4 is 5.32 Å². The SMILES string of the molecule is CCCCCNC(=N)CCCC1CCC1. The molecule has 2 N–H and O–H groups in total. The van der Waals surface area contributed by atoms with Crippen LogP contribution in [0.2, 0.25) is 0 Å². The lowest BCUT2D eigenvalue weighted by Gasteiger charge is -2.25. The van der Waals surface area contributed by atoms with Gasteiger partial charge in [-0.25, -0.2) is 0 Å². The molecule has 2 nitrogen and oxygen atoms in total. The Labute approximate surface area is 94.3 Å². The predicted octanol–water partition coefficient (Wildman–Crippen LogP) is 3.71. The van der Waals surface area contributed by atoms with Gasteiger partial charge in [-0.2, -0.15) is 0 Å². The van der Waals surface area contributed by atoms with Crippen molar-refractivity contribution in [3.63, 3.8) is 0 Å². The first kappa shape index (κ1) is 12.5. The lowest BCUT2D eigenvalue weighted by Crippen LogP contribution is -2.23.